The van der Waals surface area contributed by atoms with Crippen LogP contribution in [-0.4, -0.2) is 81.1 Å². The van der Waals surface area contributed by atoms with E-state index in [2.05, 4.69) is 0 Å². The van der Waals surface area contributed by atoms with Gasteiger partial charge in [-0.3, -0.25) is 28.9 Å². The number of nitrogens with two attached hydrogens (primary N) is 2. The minimum absolute atomic E-state index is 0.163. The van der Waals surface area contributed by atoms with Crippen molar-refractivity contribution in [2.45, 2.75) is 30.6 Å². The zero-order valence-corrected chi connectivity index (χ0v) is 18.2. The quantitative estimate of drug-likeness (QED) is 0.187. The molecule has 3 aliphatic carbocycles. The molecular formula is C22H25N3O8. The lowest BCUT2D eigenvalue weighted by molar-refractivity contribution is -0.196. The summed E-state index contributed by atoms with van der Waals surface area (Å²) in [5.74, 6) is -13.7. The fourth-order valence-corrected chi connectivity index (χ4v) is 6.10. The van der Waals surface area contributed by atoms with E-state index in [0.717, 1.165) is 0 Å². The summed E-state index contributed by atoms with van der Waals surface area (Å²) in [6.07, 6.45) is -1.68. The number of carbonyl (C=O) groups excluding carboxylic acids is 5. The number of hydrogen-bond donors (Lipinski definition) is 5. The number of fused-ring (bicyclic) bond motifs is 3. The molecule has 1 aromatic carbocycles. The maximum Gasteiger partial charge on any atom is 0.235 e. The zero-order valence-electron chi connectivity index (χ0n) is 18.2. The summed E-state index contributed by atoms with van der Waals surface area (Å²) in [7, 11) is 2.86. The molecule has 0 spiro atoms. The molecule has 0 bridgehead atoms. The number of nitrogen functional groups attached to an aromatic ring is 1. The Kier molecular flexibility index (Phi) is 5.00. The minimum atomic E-state index is -3.01. The maximum atomic E-state index is 13.7. The van der Waals surface area contributed by atoms with Crippen LogP contribution in [0.4, 0.5) is 5.69 Å². The van der Waals surface area contributed by atoms with Crippen LogP contribution in [0.5, 0.6) is 5.75 Å². The number of aliphatic hydroxyl groups is 2. The lowest BCUT2D eigenvalue weighted by atomic mass is 9.49. The monoisotopic (exact) mass is 459 g/mol. The molecule has 2 fully saturated rings. The van der Waals surface area contributed by atoms with Crippen LogP contribution < -0.4 is 11.5 Å². The Bertz CT molecular complexity index is 1130. The molecule has 0 aromatic heterocycles. The summed E-state index contributed by atoms with van der Waals surface area (Å²) >= 11 is 0. The number of anilines is 1. The van der Waals surface area contributed by atoms with E-state index in [4.69, 9.17) is 11.5 Å². The number of ketones is 4. The van der Waals surface area contributed by atoms with Crippen molar-refractivity contribution < 1.29 is 39.3 Å². The van der Waals surface area contributed by atoms with Crippen LogP contribution in [0.15, 0.2) is 12.1 Å². The first-order valence-electron chi connectivity index (χ1n) is 10.4. The van der Waals surface area contributed by atoms with Gasteiger partial charge in [0.15, 0.2) is 34.7 Å². The van der Waals surface area contributed by atoms with Crippen molar-refractivity contribution in [1.82, 2.24) is 4.90 Å². The molecule has 2 saturated carbocycles. The highest BCUT2D eigenvalue weighted by Crippen LogP contribution is 2.55. The number of rotatable bonds is 2. The molecule has 11 heteroatoms. The largest absolute Gasteiger partial charge is 0.507 e. The van der Waals surface area contributed by atoms with E-state index in [9.17, 15) is 39.3 Å². The molecule has 7 N–H and O–H groups in total. The minimum Gasteiger partial charge on any atom is -0.507 e. The molecule has 0 radical (unpaired) electrons. The Balaban J connectivity index is 1.98. The molecule has 33 heavy (non-hydrogen) atoms. The lowest BCUT2D eigenvalue weighted by Gasteiger charge is -2.56. The standard InChI is InChI=1S/C22H25N3O8/c1-6-9-7(23)4-5-8(26)11(9)16(27)12-10(6)17(28)14-15(25(2)3)18(29)13(21(24)32)20(31)22(14,33)19(12)30/h4-6,10,12-15,17,26,28,33H,23H2,1-3H3,(H2,24,32)/t6-,10?,12?,13?,14?,15-,17-,22-/m0/s1. The first kappa shape index (κ1) is 23.0. The Hall–Kier alpha value is -3.15. The summed E-state index contributed by atoms with van der Waals surface area (Å²) in [5.41, 5.74) is 8.47. The maximum absolute atomic E-state index is 13.7. The van der Waals surface area contributed by atoms with Crippen LogP contribution in [0.25, 0.3) is 0 Å². The second-order valence-corrected chi connectivity index (χ2v) is 9.33. The first-order chi connectivity index (χ1) is 15.3. The summed E-state index contributed by atoms with van der Waals surface area (Å²) in [6, 6.07) is 1.17. The Morgan fingerprint density at radius 3 is 2.27 bits per heavy atom. The molecule has 8 atom stereocenters. The van der Waals surface area contributed by atoms with Crippen molar-refractivity contribution in [3.8, 4) is 5.75 Å². The average Bonchev–Trinajstić information content (AvgIpc) is 2.72. The van der Waals surface area contributed by atoms with Gasteiger partial charge in [0.05, 0.1) is 29.5 Å². The van der Waals surface area contributed by atoms with E-state index in [-0.39, 0.29) is 16.8 Å². The van der Waals surface area contributed by atoms with Crippen LogP contribution in [0.3, 0.4) is 0 Å². The van der Waals surface area contributed by atoms with Crippen molar-refractivity contribution >= 4 is 34.7 Å². The number of benzene rings is 1. The van der Waals surface area contributed by atoms with Crippen molar-refractivity contribution in [3.63, 3.8) is 0 Å². The van der Waals surface area contributed by atoms with Crippen LogP contribution in [-0.2, 0) is 19.2 Å². The first-order valence-corrected chi connectivity index (χ1v) is 10.4. The highest BCUT2D eigenvalue weighted by molar-refractivity contribution is 6.32. The van der Waals surface area contributed by atoms with Crippen LogP contribution in [0.2, 0.25) is 0 Å². The van der Waals surface area contributed by atoms with Gasteiger partial charge in [0.2, 0.25) is 5.91 Å². The average molecular weight is 459 g/mol. The van der Waals surface area contributed by atoms with Gasteiger partial charge in [-0.05, 0) is 37.7 Å². The van der Waals surface area contributed by atoms with Crippen LogP contribution >= 0.6 is 0 Å². The molecule has 3 aliphatic rings. The van der Waals surface area contributed by atoms with Gasteiger partial charge < -0.3 is 26.8 Å². The van der Waals surface area contributed by atoms with Gasteiger partial charge in [0, 0.05) is 11.6 Å². The second-order valence-electron chi connectivity index (χ2n) is 9.33. The van der Waals surface area contributed by atoms with Gasteiger partial charge >= 0.3 is 0 Å². The van der Waals surface area contributed by atoms with Crippen molar-refractivity contribution in [2.75, 3.05) is 19.8 Å². The SMILES string of the molecule is C[C@H]1c2c(N)ccc(O)c2C(=O)C2C(=O)[C@]3(O)C(=O)C(C(N)=O)C(=O)[C@@H](N(C)C)C3[C@@H](O)C21. The third-order valence-electron chi connectivity index (χ3n) is 7.50. The molecule has 0 saturated heterocycles. The number of aliphatic hydroxyl groups excluding tert-OH is 1. The number of likely N-dealkylation sites (N-methyl/N-ethyl adjacent to an activating group) is 1. The van der Waals surface area contributed by atoms with Crippen molar-refractivity contribution in [3.05, 3.63) is 23.3 Å². The number of Topliss-reactive ketones (excluding diaryl/α,β-unsaturated/α-hetero) is 4. The normalized spacial score (nSPS) is 38.1. The summed E-state index contributed by atoms with van der Waals surface area (Å²) in [5, 5.41) is 33.2. The third kappa shape index (κ3) is 2.69. The van der Waals surface area contributed by atoms with Crippen LogP contribution in [0.1, 0.15) is 28.8 Å². The molecule has 176 valence electrons. The highest BCUT2D eigenvalue weighted by Gasteiger charge is 2.72. The topological polar surface area (TPSA) is 201 Å². The molecule has 1 amide bonds. The van der Waals surface area contributed by atoms with Gasteiger partial charge in [-0.1, -0.05) is 6.92 Å². The number of amides is 1. The predicted molar refractivity (Wildman–Crippen MR) is 112 cm³/mol. The molecular weight excluding hydrogens is 434 g/mol. The van der Waals surface area contributed by atoms with Gasteiger partial charge in [0.25, 0.3) is 0 Å². The number of aromatic hydroxyl groups is 1. The molecule has 0 aliphatic heterocycles. The number of phenolic OH excluding ortho intramolecular Hbond substituents is 1. The zero-order chi connectivity index (χ0) is 24.7. The van der Waals surface area contributed by atoms with E-state index in [1.807, 2.05) is 0 Å². The number of carbonyl (C=O) groups is 5. The van der Waals surface area contributed by atoms with E-state index in [0.29, 0.717) is 0 Å². The smallest absolute Gasteiger partial charge is 0.235 e. The fraction of sp³-hybridized carbons (Fsp3) is 0.500. The highest BCUT2D eigenvalue weighted by atomic mass is 16.3. The van der Waals surface area contributed by atoms with Crippen LogP contribution in [0, 0.1) is 23.7 Å². The number of nitrogens with zero attached hydrogens (tertiary/aromatic N) is 1. The molecule has 4 rings (SSSR count). The summed E-state index contributed by atoms with van der Waals surface area (Å²) in [4.78, 5) is 66.6. The van der Waals surface area contributed by atoms with Gasteiger partial charge in [-0.25, -0.2) is 0 Å². The van der Waals surface area contributed by atoms with Crippen molar-refractivity contribution in [2.24, 2.45) is 29.4 Å². The van der Waals surface area contributed by atoms with Gasteiger partial charge in [-0.15, -0.1) is 0 Å². The van der Waals surface area contributed by atoms with Gasteiger partial charge in [0.1, 0.15) is 5.75 Å². The Labute approximate surface area is 188 Å². The lowest BCUT2D eigenvalue weighted by Crippen LogP contribution is -2.77. The van der Waals surface area contributed by atoms with E-state index < -0.39 is 82.1 Å². The van der Waals surface area contributed by atoms with E-state index in [1.54, 1.807) is 6.92 Å². The van der Waals surface area contributed by atoms with E-state index >= 15 is 0 Å². The third-order valence-corrected chi connectivity index (χ3v) is 7.50. The molecule has 11 nitrogen and oxygen atoms in total. The molecule has 0 heterocycles. The number of phenols is 1. The van der Waals surface area contributed by atoms with Crippen molar-refractivity contribution in [1.29, 1.82) is 0 Å². The molecule has 4 unspecified atom stereocenters. The predicted octanol–water partition coefficient (Wildman–Crippen LogP) is -2.02. The van der Waals surface area contributed by atoms with E-state index in [1.165, 1.54) is 31.1 Å². The Morgan fingerprint density at radius 2 is 1.73 bits per heavy atom. The fourth-order valence-electron chi connectivity index (χ4n) is 6.10. The summed E-state index contributed by atoms with van der Waals surface area (Å²) < 4.78 is 0. The summed E-state index contributed by atoms with van der Waals surface area (Å²) in [6.45, 7) is 1.60. The molecule has 1 aromatic rings. The second kappa shape index (κ2) is 7.17. The number of primary amides is 1. The Morgan fingerprint density at radius 1 is 1.12 bits per heavy atom. The number of hydrogen-bond acceptors (Lipinski definition) is 10. The van der Waals surface area contributed by atoms with Gasteiger partial charge in [-0.2, -0.15) is 0 Å².